The number of rotatable bonds is 3. The van der Waals surface area contributed by atoms with Crippen molar-refractivity contribution in [2.24, 2.45) is 0 Å². The minimum atomic E-state index is -1.02. The van der Waals surface area contributed by atoms with Gasteiger partial charge < -0.3 is 15.2 Å². The molecule has 1 fully saturated rings. The molecule has 2 rings (SSSR count). The summed E-state index contributed by atoms with van der Waals surface area (Å²) in [6, 6.07) is 4.88. The lowest BCUT2D eigenvalue weighted by atomic mass is 9.94. The molecule has 4 nitrogen and oxygen atoms in total. The Morgan fingerprint density at radius 2 is 2.33 bits per heavy atom. The zero-order chi connectivity index (χ0) is 13.3. The first kappa shape index (κ1) is 13.2. The monoisotopic (exact) mass is 269 g/mol. The smallest absolute Gasteiger partial charge is 0.337 e. The van der Waals surface area contributed by atoms with Crippen LogP contribution in [0, 0.1) is 0 Å². The topological polar surface area (TPSA) is 58.6 Å². The minimum Gasteiger partial charge on any atom is -0.478 e. The summed E-state index contributed by atoms with van der Waals surface area (Å²) >= 11 is 5.94. The first-order valence-corrected chi connectivity index (χ1v) is 6.23. The van der Waals surface area contributed by atoms with Gasteiger partial charge in [-0.05, 0) is 38.5 Å². The van der Waals surface area contributed by atoms with Crippen molar-refractivity contribution in [3.63, 3.8) is 0 Å². The van der Waals surface area contributed by atoms with E-state index in [2.05, 4.69) is 12.2 Å². The molecule has 0 amide bonds. The maximum atomic E-state index is 10.9. The first-order chi connectivity index (χ1) is 8.42. The van der Waals surface area contributed by atoms with Crippen molar-refractivity contribution in [3.05, 3.63) is 28.8 Å². The lowest BCUT2D eigenvalue weighted by molar-refractivity contribution is 0.0697. The van der Waals surface area contributed by atoms with Crippen molar-refractivity contribution in [1.29, 1.82) is 0 Å². The summed E-state index contributed by atoms with van der Waals surface area (Å²) in [5.41, 5.74) is 0.779. The van der Waals surface area contributed by atoms with Gasteiger partial charge in [0.2, 0.25) is 0 Å². The first-order valence-electron chi connectivity index (χ1n) is 5.85. The fourth-order valence-electron chi connectivity index (χ4n) is 2.10. The van der Waals surface area contributed by atoms with Crippen LogP contribution in [0.25, 0.3) is 0 Å². The van der Waals surface area contributed by atoms with Gasteiger partial charge in [0.05, 0.1) is 22.2 Å². The minimum absolute atomic E-state index is 0.107. The molecule has 0 aromatic heterocycles. The average molecular weight is 270 g/mol. The molecule has 2 N–H and O–H groups in total. The third-order valence-corrected chi connectivity index (χ3v) is 3.83. The molecule has 1 aliphatic rings. The van der Waals surface area contributed by atoms with Crippen LogP contribution in [0.4, 0.5) is 5.69 Å². The summed E-state index contributed by atoms with van der Waals surface area (Å²) in [7, 11) is 0. The second-order valence-corrected chi connectivity index (χ2v) is 5.21. The maximum absolute atomic E-state index is 10.9. The third kappa shape index (κ3) is 2.44. The summed E-state index contributed by atoms with van der Waals surface area (Å²) in [6.45, 7) is 4.84. The van der Waals surface area contributed by atoms with E-state index in [1.54, 1.807) is 12.1 Å². The molecule has 1 aromatic rings. The van der Waals surface area contributed by atoms with E-state index in [-0.39, 0.29) is 22.2 Å². The molecule has 0 aliphatic carbocycles. The SMILES string of the molecule is CC1OCCC1(C)Nc1ccc(C(=O)O)c(Cl)c1. The van der Waals surface area contributed by atoms with Gasteiger partial charge >= 0.3 is 5.97 Å². The van der Waals surface area contributed by atoms with Crippen molar-refractivity contribution < 1.29 is 14.6 Å². The van der Waals surface area contributed by atoms with Crippen molar-refractivity contribution >= 4 is 23.3 Å². The molecule has 2 unspecified atom stereocenters. The number of anilines is 1. The molecule has 0 spiro atoms. The molecule has 2 atom stereocenters. The fourth-order valence-corrected chi connectivity index (χ4v) is 2.36. The van der Waals surface area contributed by atoms with Gasteiger partial charge in [0, 0.05) is 12.3 Å². The Balaban J connectivity index is 2.20. The molecule has 0 radical (unpaired) electrons. The molecular formula is C13H16ClNO3. The molecule has 98 valence electrons. The number of halogens is 1. The van der Waals surface area contributed by atoms with Gasteiger partial charge in [0.25, 0.3) is 0 Å². The molecule has 0 saturated carbocycles. The summed E-state index contributed by atoms with van der Waals surface area (Å²) in [5, 5.41) is 12.5. The Morgan fingerprint density at radius 3 is 2.83 bits per heavy atom. The van der Waals surface area contributed by atoms with Crippen LogP contribution in [0.15, 0.2) is 18.2 Å². The predicted octanol–water partition coefficient (Wildman–Crippen LogP) is 3.02. The zero-order valence-electron chi connectivity index (χ0n) is 10.4. The number of carboxylic acid groups (broad SMARTS) is 1. The number of hydrogen-bond acceptors (Lipinski definition) is 3. The standard InChI is InChI=1S/C13H16ClNO3/c1-8-13(2,5-6-18-8)15-9-3-4-10(12(16)17)11(14)7-9/h3-4,7-8,15H,5-6H2,1-2H3,(H,16,17). The van der Waals surface area contributed by atoms with Crippen molar-refractivity contribution in [2.75, 3.05) is 11.9 Å². The fraction of sp³-hybridized carbons (Fsp3) is 0.462. The van der Waals surface area contributed by atoms with Crippen LogP contribution in [0.2, 0.25) is 5.02 Å². The van der Waals surface area contributed by atoms with Gasteiger partial charge in [-0.25, -0.2) is 4.79 Å². The van der Waals surface area contributed by atoms with E-state index in [0.717, 1.165) is 18.7 Å². The number of benzene rings is 1. The van der Waals surface area contributed by atoms with Crippen molar-refractivity contribution in [3.8, 4) is 0 Å². The highest BCUT2D eigenvalue weighted by Crippen LogP contribution is 2.31. The number of hydrogen-bond donors (Lipinski definition) is 2. The van der Waals surface area contributed by atoms with E-state index in [9.17, 15) is 4.79 Å². The second kappa shape index (κ2) is 4.78. The Morgan fingerprint density at radius 1 is 1.61 bits per heavy atom. The summed E-state index contributed by atoms with van der Waals surface area (Å²) in [5.74, 6) is -1.02. The van der Waals surface area contributed by atoms with Gasteiger partial charge in [-0.15, -0.1) is 0 Å². The Hall–Kier alpha value is -1.26. The molecule has 1 heterocycles. The average Bonchev–Trinajstić information content (AvgIpc) is 2.58. The van der Waals surface area contributed by atoms with Crippen molar-refractivity contribution in [1.82, 2.24) is 0 Å². The lowest BCUT2D eigenvalue weighted by Gasteiger charge is -2.30. The molecule has 0 bridgehead atoms. The Labute approximate surface area is 111 Å². The largest absolute Gasteiger partial charge is 0.478 e. The van der Waals surface area contributed by atoms with Gasteiger partial charge in [-0.2, -0.15) is 0 Å². The second-order valence-electron chi connectivity index (χ2n) is 4.81. The highest BCUT2D eigenvalue weighted by atomic mass is 35.5. The predicted molar refractivity (Wildman–Crippen MR) is 70.5 cm³/mol. The van der Waals surface area contributed by atoms with Crippen LogP contribution >= 0.6 is 11.6 Å². The molecule has 1 saturated heterocycles. The third-order valence-electron chi connectivity index (χ3n) is 3.52. The van der Waals surface area contributed by atoms with E-state index < -0.39 is 5.97 Å². The summed E-state index contributed by atoms with van der Waals surface area (Å²) < 4.78 is 5.54. The number of ether oxygens (including phenoxy) is 1. The summed E-state index contributed by atoms with van der Waals surface area (Å²) in [4.78, 5) is 10.9. The molecular weight excluding hydrogens is 254 g/mol. The maximum Gasteiger partial charge on any atom is 0.337 e. The Bertz CT molecular complexity index is 477. The van der Waals surface area contributed by atoms with Crippen LogP contribution < -0.4 is 5.32 Å². The number of aromatic carboxylic acids is 1. The van der Waals surface area contributed by atoms with E-state index in [0.29, 0.717) is 0 Å². The van der Waals surface area contributed by atoms with Gasteiger partial charge in [0.15, 0.2) is 0 Å². The van der Waals surface area contributed by atoms with Crippen LogP contribution in [-0.2, 0) is 4.74 Å². The highest BCUT2D eigenvalue weighted by Gasteiger charge is 2.36. The Kier molecular flexibility index (Phi) is 3.50. The van der Waals surface area contributed by atoms with E-state index in [1.165, 1.54) is 6.07 Å². The highest BCUT2D eigenvalue weighted by molar-refractivity contribution is 6.33. The zero-order valence-corrected chi connectivity index (χ0v) is 11.1. The molecule has 5 heteroatoms. The van der Waals surface area contributed by atoms with Crippen LogP contribution in [0.3, 0.4) is 0 Å². The van der Waals surface area contributed by atoms with E-state index in [4.69, 9.17) is 21.4 Å². The summed E-state index contributed by atoms with van der Waals surface area (Å²) in [6.07, 6.45) is 1.02. The van der Waals surface area contributed by atoms with Crippen LogP contribution in [0.5, 0.6) is 0 Å². The molecule has 1 aromatic carbocycles. The van der Waals surface area contributed by atoms with Gasteiger partial charge in [0.1, 0.15) is 0 Å². The van der Waals surface area contributed by atoms with Crippen molar-refractivity contribution in [2.45, 2.75) is 31.9 Å². The van der Waals surface area contributed by atoms with E-state index in [1.807, 2.05) is 6.92 Å². The molecule has 18 heavy (non-hydrogen) atoms. The van der Waals surface area contributed by atoms with E-state index >= 15 is 0 Å². The van der Waals surface area contributed by atoms with Gasteiger partial charge in [-0.3, -0.25) is 0 Å². The van der Waals surface area contributed by atoms with Gasteiger partial charge in [-0.1, -0.05) is 11.6 Å². The van der Waals surface area contributed by atoms with Crippen LogP contribution in [0.1, 0.15) is 30.6 Å². The quantitative estimate of drug-likeness (QED) is 0.886. The molecule has 1 aliphatic heterocycles. The number of carboxylic acids is 1. The lowest BCUT2D eigenvalue weighted by Crippen LogP contribution is -2.41. The van der Waals surface area contributed by atoms with Crippen LogP contribution in [-0.4, -0.2) is 29.3 Å². The number of carbonyl (C=O) groups is 1. The number of nitrogens with one attached hydrogen (secondary N) is 1. The normalized spacial score (nSPS) is 27.2.